The summed E-state index contributed by atoms with van der Waals surface area (Å²) in [6.07, 6.45) is 2.05. The molecule has 1 fully saturated rings. The molecule has 1 aliphatic rings. The van der Waals surface area contributed by atoms with Gasteiger partial charge in [0.05, 0.1) is 10.2 Å². The van der Waals surface area contributed by atoms with Gasteiger partial charge >= 0.3 is 6.03 Å². The summed E-state index contributed by atoms with van der Waals surface area (Å²) in [5, 5.41) is 3.53. The molecular formula is C20H19F2N3OS. The van der Waals surface area contributed by atoms with Crippen LogP contribution in [-0.4, -0.2) is 29.0 Å². The van der Waals surface area contributed by atoms with Crippen molar-refractivity contribution in [3.8, 4) is 10.6 Å². The first kappa shape index (κ1) is 17.9. The first-order chi connectivity index (χ1) is 13.0. The van der Waals surface area contributed by atoms with Crippen LogP contribution in [-0.2, 0) is 0 Å². The molecule has 0 radical (unpaired) electrons. The van der Waals surface area contributed by atoms with Crippen molar-refractivity contribution >= 4 is 33.3 Å². The molecule has 0 unspecified atom stereocenters. The number of fused-ring (bicyclic) bond motifs is 1. The van der Waals surface area contributed by atoms with E-state index in [1.54, 1.807) is 6.07 Å². The number of thiazole rings is 1. The van der Waals surface area contributed by atoms with Crippen molar-refractivity contribution in [2.45, 2.75) is 19.8 Å². The summed E-state index contributed by atoms with van der Waals surface area (Å²) >= 11 is 1.40. The number of halogens is 2. The van der Waals surface area contributed by atoms with E-state index < -0.39 is 11.6 Å². The number of piperidine rings is 1. The predicted molar refractivity (Wildman–Crippen MR) is 104 cm³/mol. The van der Waals surface area contributed by atoms with Crippen LogP contribution in [0.1, 0.15) is 19.8 Å². The molecule has 27 heavy (non-hydrogen) atoms. The van der Waals surface area contributed by atoms with Crippen LogP contribution in [0.2, 0.25) is 0 Å². The summed E-state index contributed by atoms with van der Waals surface area (Å²) in [6, 6.07) is 9.17. The van der Waals surface area contributed by atoms with Crippen LogP contribution in [0.3, 0.4) is 0 Å². The van der Waals surface area contributed by atoms with E-state index in [4.69, 9.17) is 0 Å². The molecule has 2 amide bonds. The third-order valence-corrected chi connectivity index (χ3v) is 5.96. The summed E-state index contributed by atoms with van der Waals surface area (Å²) in [5.74, 6) is -1.11. The molecule has 3 aromatic rings. The summed E-state index contributed by atoms with van der Waals surface area (Å²) in [5.41, 5.74) is 1.92. The second-order valence-corrected chi connectivity index (χ2v) is 7.96. The highest BCUT2D eigenvalue weighted by atomic mass is 32.1. The lowest BCUT2D eigenvalue weighted by Crippen LogP contribution is -2.40. The quantitative estimate of drug-likeness (QED) is 0.631. The average molecular weight is 387 g/mol. The monoisotopic (exact) mass is 387 g/mol. The van der Waals surface area contributed by atoms with Gasteiger partial charge in [-0.15, -0.1) is 11.3 Å². The number of urea groups is 1. The number of aromatic nitrogens is 1. The number of hydrogen-bond acceptors (Lipinski definition) is 3. The fourth-order valence-electron chi connectivity index (χ4n) is 3.17. The molecule has 0 spiro atoms. The van der Waals surface area contributed by atoms with E-state index >= 15 is 0 Å². The summed E-state index contributed by atoms with van der Waals surface area (Å²) < 4.78 is 27.5. The molecule has 1 aromatic heterocycles. The van der Waals surface area contributed by atoms with E-state index in [0.717, 1.165) is 42.8 Å². The van der Waals surface area contributed by atoms with Crippen LogP contribution >= 0.6 is 11.3 Å². The molecule has 7 heteroatoms. The van der Waals surface area contributed by atoms with Gasteiger partial charge in [-0.2, -0.15) is 0 Å². The van der Waals surface area contributed by atoms with Gasteiger partial charge in [-0.25, -0.2) is 18.6 Å². The van der Waals surface area contributed by atoms with E-state index in [1.165, 1.54) is 17.4 Å². The van der Waals surface area contributed by atoms with E-state index in [-0.39, 0.29) is 6.03 Å². The number of nitrogens with one attached hydrogen (secondary N) is 1. The maximum Gasteiger partial charge on any atom is 0.321 e. The lowest BCUT2D eigenvalue weighted by molar-refractivity contribution is 0.186. The first-order valence-electron chi connectivity index (χ1n) is 8.91. The zero-order valence-electron chi connectivity index (χ0n) is 14.8. The molecule has 4 nitrogen and oxygen atoms in total. The smallest absolute Gasteiger partial charge is 0.321 e. The molecule has 1 saturated heterocycles. The van der Waals surface area contributed by atoms with Gasteiger partial charge in [-0.1, -0.05) is 6.92 Å². The lowest BCUT2D eigenvalue weighted by atomic mass is 10.00. The Morgan fingerprint density at radius 3 is 2.67 bits per heavy atom. The Hall–Kier alpha value is -2.54. The lowest BCUT2D eigenvalue weighted by Gasteiger charge is -2.30. The Labute approximate surface area is 159 Å². The Kier molecular flexibility index (Phi) is 4.78. The van der Waals surface area contributed by atoms with Crippen molar-refractivity contribution in [3.05, 3.63) is 48.0 Å². The molecular weight excluding hydrogens is 368 g/mol. The van der Waals surface area contributed by atoms with Gasteiger partial charge in [-0.3, -0.25) is 0 Å². The fourth-order valence-corrected chi connectivity index (χ4v) is 4.11. The standard InChI is InChI=1S/C20H19F2N3OS/c1-12-6-8-25(9-7-12)20(26)23-14-3-5-18-17(11-14)24-19(27-18)13-2-4-15(21)16(22)10-13/h2-5,10-12H,6-9H2,1H3,(H,23,26). The number of benzene rings is 2. The van der Waals surface area contributed by atoms with Crippen molar-refractivity contribution in [1.29, 1.82) is 0 Å². The Bertz CT molecular complexity index is 996. The van der Waals surface area contributed by atoms with Gasteiger partial charge in [0.25, 0.3) is 0 Å². The van der Waals surface area contributed by atoms with Crippen LogP contribution in [0.25, 0.3) is 20.8 Å². The maximum atomic E-state index is 13.5. The summed E-state index contributed by atoms with van der Waals surface area (Å²) in [7, 11) is 0. The third-order valence-electron chi connectivity index (χ3n) is 4.88. The van der Waals surface area contributed by atoms with Gasteiger partial charge in [0.2, 0.25) is 0 Å². The summed E-state index contributed by atoms with van der Waals surface area (Å²) in [4.78, 5) is 18.8. The third kappa shape index (κ3) is 3.78. The van der Waals surface area contributed by atoms with Gasteiger partial charge in [0.1, 0.15) is 5.01 Å². The number of carbonyl (C=O) groups excluding carboxylic acids is 1. The van der Waals surface area contributed by atoms with Crippen LogP contribution in [0, 0.1) is 17.6 Å². The Balaban J connectivity index is 1.54. The minimum atomic E-state index is -0.893. The topological polar surface area (TPSA) is 45.2 Å². The molecule has 0 atom stereocenters. The van der Waals surface area contributed by atoms with E-state index in [0.29, 0.717) is 27.7 Å². The molecule has 0 saturated carbocycles. The molecule has 2 heterocycles. The van der Waals surface area contributed by atoms with Crippen LogP contribution in [0.15, 0.2) is 36.4 Å². The molecule has 0 aliphatic carbocycles. The minimum absolute atomic E-state index is 0.0997. The van der Waals surface area contributed by atoms with Crippen LogP contribution in [0.4, 0.5) is 19.3 Å². The number of amides is 2. The van der Waals surface area contributed by atoms with Gasteiger partial charge in [0.15, 0.2) is 11.6 Å². The van der Waals surface area contributed by atoms with E-state index in [2.05, 4.69) is 17.2 Å². The summed E-state index contributed by atoms with van der Waals surface area (Å²) in [6.45, 7) is 3.74. The van der Waals surface area contributed by atoms with Gasteiger partial charge in [0, 0.05) is 24.3 Å². The number of likely N-dealkylation sites (tertiary alicyclic amines) is 1. The number of hydrogen-bond donors (Lipinski definition) is 1. The van der Waals surface area contributed by atoms with Crippen molar-refractivity contribution in [1.82, 2.24) is 9.88 Å². The van der Waals surface area contributed by atoms with Crippen molar-refractivity contribution in [3.63, 3.8) is 0 Å². The highest BCUT2D eigenvalue weighted by molar-refractivity contribution is 7.21. The number of rotatable bonds is 2. The normalized spacial score (nSPS) is 15.3. The second-order valence-electron chi connectivity index (χ2n) is 6.93. The molecule has 0 bridgehead atoms. The maximum absolute atomic E-state index is 13.5. The Morgan fingerprint density at radius 1 is 1.15 bits per heavy atom. The predicted octanol–water partition coefficient (Wildman–Crippen LogP) is 5.51. The Morgan fingerprint density at radius 2 is 1.93 bits per heavy atom. The molecule has 140 valence electrons. The highest BCUT2D eigenvalue weighted by Crippen LogP contribution is 2.32. The largest absolute Gasteiger partial charge is 0.325 e. The second kappa shape index (κ2) is 7.23. The molecule has 2 aromatic carbocycles. The van der Waals surface area contributed by atoms with E-state index in [9.17, 15) is 13.6 Å². The average Bonchev–Trinajstić information content (AvgIpc) is 3.08. The molecule has 1 aliphatic heterocycles. The number of carbonyl (C=O) groups is 1. The zero-order chi connectivity index (χ0) is 19.0. The molecule has 1 N–H and O–H groups in total. The first-order valence-corrected chi connectivity index (χ1v) is 9.73. The van der Waals surface area contributed by atoms with E-state index in [1.807, 2.05) is 17.0 Å². The van der Waals surface area contributed by atoms with Crippen LogP contribution in [0.5, 0.6) is 0 Å². The SMILES string of the molecule is CC1CCN(C(=O)Nc2ccc3sc(-c4ccc(F)c(F)c4)nc3c2)CC1. The van der Waals surface area contributed by atoms with Gasteiger partial charge in [-0.05, 0) is 55.2 Å². The number of anilines is 1. The minimum Gasteiger partial charge on any atom is -0.325 e. The highest BCUT2D eigenvalue weighted by Gasteiger charge is 2.20. The zero-order valence-corrected chi connectivity index (χ0v) is 15.7. The van der Waals surface area contributed by atoms with Crippen LogP contribution < -0.4 is 5.32 Å². The van der Waals surface area contributed by atoms with Crippen molar-refractivity contribution < 1.29 is 13.6 Å². The van der Waals surface area contributed by atoms with Crippen molar-refractivity contribution in [2.75, 3.05) is 18.4 Å². The van der Waals surface area contributed by atoms with Crippen molar-refractivity contribution in [2.24, 2.45) is 5.92 Å². The van der Waals surface area contributed by atoms with Gasteiger partial charge < -0.3 is 10.2 Å². The fraction of sp³-hybridized carbons (Fsp3) is 0.300. The molecule has 4 rings (SSSR count). The number of nitrogens with zero attached hydrogens (tertiary/aromatic N) is 2.